The molecule has 0 bridgehead atoms. The quantitative estimate of drug-likeness (QED) is 0.346. The van der Waals surface area contributed by atoms with Gasteiger partial charge in [-0.05, 0) is 47.9 Å². The van der Waals surface area contributed by atoms with Gasteiger partial charge in [0.05, 0.1) is 34.0 Å². The maximum atomic E-state index is 10.9. The van der Waals surface area contributed by atoms with E-state index in [2.05, 4.69) is 0 Å². The largest absolute Gasteiger partial charge is 0.502 e. The highest BCUT2D eigenvalue weighted by Crippen LogP contribution is 2.41. The summed E-state index contributed by atoms with van der Waals surface area (Å²) >= 11 is 0. The van der Waals surface area contributed by atoms with Crippen LogP contribution in [0.4, 0.5) is 0 Å². The van der Waals surface area contributed by atoms with Gasteiger partial charge < -0.3 is 44.5 Å². The van der Waals surface area contributed by atoms with Gasteiger partial charge in [-0.1, -0.05) is 6.92 Å². The van der Waals surface area contributed by atoms with E-state index >= 15 is 0 Å². The van der Waals surface area contributed by atoms with Crippen LogP contribution in [0.3, 0.4) is 0 Å². The van der Waals surface area contributed by atoms with E-state index in [0.717, 1.165) is 0 Å². The molecule has 9 heteroatoms. The number of ether oxygens (including phenoxy) is 4. The Kier molecular flexibility index (Phi) is 8.97. The zero-order valence-electron chi connectivity index (χ0n) is 18.9. The number of benzene rings is 2. The van der Waals surface area contributed by atoms with E-state index in [-0.39, 0.29) is 35.5 Å². The summed E-state index contributed by atoms with van der Waals surface area (Å²) in [6, 6.07) is 6.14. The van der Waals surface area contributed by atoms with Crippen LogP contribution in [-0.4, -0.2) is 66.2 Å². The van der Waals surface area contributed by atoms with Crippen LogP contribution in [0, 0.1) is 12.8 Å². The van der Waals surface area contributed by atoms with Gasteiger partial charge in [0.1, 0.15) is 6.10 Å². The zero-order chi connectivity index (χ0) is 24.0. The van der Waals surface area contributed by atoms with Crippen LogP contribution in [0.15, 0.2) is 24.3 Å². The van der Waals surface area contributed by atoms with Crippen molar-refractivity contribution in [3.8, 4) is 28.7 Å². The van der Waals surface area contributed by atoms with Gasteiger partial charge in [-0.25, -0.2) is 0 Å². The van der Waals surface area contributed by atoms with Crippen LogP contribution < -0.4 is 18.9 Å². The molecule has 0 saturated heterocycles. The van der Waals surface area contributed by atoms with Crippen molar-refractivity contribution < 1.29 is 44.5 Å². The van der Waals surface area contributed by atoms with E-state index in [1.54, 1.807) is 26.0 Å². The average Bonchev–Trinajstić information content (AvgIpc) is 2.81. The molecule has 5 N–H and O–H groups in total. The first-order valence-electron chi connectivity index (χ1n) is 10.1. The zero-order valence-corrected chi connectivity index (χ0v) is 18.9. The molecular formula is C23H32O9. The topological polar surface area (TPSA) is 138 Å². The molecule has 4 unspecified atom stereocenters. The highest BCUT2D eigenvalue weighted by Gasteiger charge is 2.28. The van der Waals surface area contributed by atoms with E-state index in [4.69, 9.17) is 18.9 Å². The molecule has 2 rings (SSSR count). The van der Waals surface area contributed by atoms with Gasteiger partial charge >= 0.3 is 0 Å². The van der Waals surface area contributed by atoms with E-state index in [9.17, 15) is 25.5 Å². The van der Waals surface area contributed by atoms with E-state index in [1.807, 2.05) is 0 Å². The van der Waals surface area contributed by atoms with Gasteiger partial charge in [-0.3, -0.25) is 0 Å². The van der Waals surface area contributed by atoms with Crippen molar-refractivity contribution in [3.05, 3.63) is 41.0 Å². The predicted molar refractivity (Wildman–Crippen MR) is 117 cm³/mol. The summed E-state index contributed by atoms with van der Waals surface area (Å²) in [5.41, 5.74) is 1.45. The first-order valence-corrected chi connectivity index (χ1v) is 10.1. The molecule has 0 saturated carbocycles. The van der Waals surface area contributed by atoms with Crippen LogP contribution in [0.25, 0.3) is 0 Å². The number of methoxy groups -OCH3 is 3. The standard InChI is InChI=1S/C23H32O9/c1-12-6-14(20(26)13(2)10-24)9-18(31-5)23(12)32-19(11-25)21(27)15-7-16(29-3)22(28)17(8-15)30-4/h6-9,13,19-21,24-28H,10-11H2,1-5H3. The fraction of sp³-hybridized carbons (Fsp3) is 0.478. The molecule has 0 radical (unpaired) electrons. The van der Waals surface area contributed by atoms with Crippen molar-refractivity contribution in [3.63, 3.8) is 0 Å². The van der Waals surface area contributed by atoms with Gasteiger partial charge in [0.15, 0.2) is 29.1 Å². The lowest BCUT2D eigenvalue weighted by molar-refractivity contribution is -0.00105. The number of aryl methyl sites for hydroxylation is 1. The molecular weight excluding hydrogens is 420 g/mol. The summed E-state index contributed by atoms with van der Waals surface area (Å²) in [4.78, 5) is 0. The molecule has 178 valence electrons. The molecule has 2 aromatic carbocycles. The molecule has 0 aromatic heterocycles. The van der Waals surface area contributed by atoms with Crippen LogP contribution in [0.5, 0.6) is 28.7 Å². The Morgan fingerprint density at radius 1 is 0.781 bits per heavy atom. The highest BCUT2D eigenvalue weighted by molar-refractivity contribution is 5.53. The molecule has 4 atom stereocenters. The predicted octanol–water partition coefficient (Wildman–Crippen LogP) is 1.86. The summed E-state index contributed by atoms with van der Waals surface area (Å²) in [7, 11) is 4.17. The number of aliphatic hydroxyl groups excluding tert-OH is 4. The van der Waals surface area contributed by atoms with Crippen molar-refractivity contribution in [2.45, 2.75) is 32.2 Å². The molecule has 0 aliphatic carbocycles. The molecule has 0 aliphatic heterocycles. The summed E-state index contributed by atoms with van der Waals surface area (Å²) in [6.07, 6.45) is -3.29. The Morgan fingerprint density at radius 2 is 1.28 bits per heavy atom. The van der Waals surface area contributed by atoms with Gasteiger partial charge in [0.2, 0.25) is 5.75 Å². The smallest absolute Gasteiger partial charge is 0.200 e. The second-order valence-corrected chi connectivity index (χ2v) is 7.53. The number of rotatable bonds is 11. The van der Waals surface area contributed by atoms with Gasteiger partial charge in [0.25, 0.3) is 0 Å². The molecule has 0 spiro atoms. The Hall–Kier alpha value is -2.72. The van der Waals surface area contributed by atoms with Crippen LogP contribution in [0.2, 0.25) is 0 Å². The van der Waals surface area contributed by atoms with Crippen molar-refractivity contribution >= 4 is 0 Å². The number of phenols is 1. The first kappa shape index (κ1) is 25.5. The number of hydrogen-bond acceptors (Lipinski definition) is 9. The Labute approximate surface area is 187 Å². The van der Waals surface area contributed by atoms with Crippen LogP contribution in [-0.2, 0) is 0 Å². The lowest BCUT2D eigenvalue weighted by Gasteiger charge is -2.26. The fourth-order valence-corrected chi connectivity index (χ4v) is 3.32. The van der Waals surface area contributed by atoms with Crippen molar-refractivity contribution in [2.75, 3.05) is 34.5 Å². The third-order valence-corrected chi connectivity index (χ3v) is 5.30. The van der Waals surface area contributed by atoms with E-state index < -0.39 is 24.9 Å². The minimum Gasteiger partial charge on any atom is -0.502 e. The molecule has 9 nitrogen and oxygen atoms in total. The van der Waals surface area contributed by atoms with Crippen molar-refractivity contribution in [2.24, 2.45) is 5.92 Å². The van der Waals surface area contributed by atoms with Crippen LogP contribution in [0.1, 0.15) is 35.8 Å². The summed E-state index contributed by atoms with van der Waals surface area (Å²) in [6.45, 7) is 2.75. The third kappa shape index (κ3) is 5.36. The Bertz CT molecular complexity index is 874. The Morgan fingerprint density at radius 3 is 1.75 bits per heavy atom. The maximum absolute atomic E-state index is 10.9. The summed E-state index contributed by atoms with van der Waals surface area (Å²) in [5.74, 6) is 0.195. The number of phenolic OH excluding ortho intramolecular Hbond substituents is 1. The average molecular weight is 453 g/mol. The Balaban J connectivity index is 2.40. The van der Waals surface area contributed by atoms with Gasteiger partial charge in [-0.2, -0.15) is 0 Å². The molecule has 0 fully saturated rings. The lowest BCUT2D eigenvalue weighted by Crippen LogP contribution is -2.29. The van der Waals surface area contributed by atoms with Crippen molar-refractivity contribution in [1.82, 2.24) is 0 Å². The molecule has 32 heavy (non-hydrogen) atoms. The normalized spacial score (nSPS) is 14.9. The minimum absolute atomic E-state index is 0.0974. The minimum atomic E-state index is -1.30. The number of aliphatic hydroxyl groups is 4. The number of hydrogen-bond donors (Lipinski definition) is 5. The van der Waals surface area contributed by atoms with Gasteiger partial charge in [0, 0.05) is 12.5 Å². The highest BCUT2D eigenvalue weighted by atomic mass is 16.5. The fourth-order valence-electron chi connectivity index (χ4n) is 3.32. The van der Waals surface area contributed by atoms with E-state index in [1.165, 1.54) is 33.5 Å². The summed E-state index contributed by atoms with van der Waals surface area (Å²) in [5, 5.41) is 50.7. The van der Waals surface area contributed by atoms with Gasteiger partial charge in [-0.15, -0.1) is 0 Å². The second kappa shape index (κ2) is 11.2. The van der Waals surface area contributed by atoms with Crippen molar-refractivity contribution in [1.29, 1.82) is 0 Å². The first-order chi connectivity index (χ1) is 15.2. The summed E-state index contributed by atoms with van der Waals surface area (Å²) < 4.78 is 21.6. The lowest BCUT2D eigenvalue weighted by atomic mass is 9.96. The maximum Gasteiger partial charge on any atom is 0.200 e. The van der Waals surface area contributed by atoms with Crippen LogP contribution >= 0.6 is 0 Å². The second-order valence-electron chi connectivity index (χ2n) is 7.53. The molecule has 0 aliphatic rings. The molecule has 0 heterocycles. The molecule has 0 amide bonds. The third-order valence-electron chi connectivity index (χ3n) is 5.30. The van der Waals surface area contributed by atoms with E-state index in [0.29, 0.717) is 22.4 Å². The number of aromatic hydroxyl groups is 1. The molecule has 2 aromatic rings. The SMILES string of the molecule is COc1cc(C(O)C(CO)Oc2c(C)cc(C(O)C(C)CO)cc2OC)cc(OC)c1O. The monoisotopic (exact) mass is 452 g/mol.